The molecule has 0 radical (unpaired) electrons. The zero-order valence-corrected chi connectivity index (χ0v) is 16.1. The van der Waals surface area contributed by atoms with Crippen LogP contribution >= 0.6 is 23.4 Å². The fourth-order valence-corrected chi connectivity index (χ4v) is 3.92. The molecule has 1 aromatic heterocycles. The molecule has 1 aliphatic rings. The number of hydrogen-bond donors (Lipinski definition) is 1. The number of carbonyl (C=O) groups is 1. The average molecular weight is 401 g/mol. The average Bonchev–Trinajstić information content (AvgIpc) is 3.27. The first kappa shape index (κ1) is 17.9. The molecule has 2 aromatic carbocycles. The lowest BCUT2D eigenvalue weighted by Crippen LogP contribution is -2.17. The number of nitrogens with zero attached hydrogens (tertiary/aromatic N) is 3. The third kappa shape index (κ3) is 3.94. The summed E-state index contributed by atoms with van der Waals surface area (Å²) in [6.07, 6.45) is -0.555. The smallest absolute Gasteiger partial charge is 0.407 e. The number of carbonyl (C=O) groups excluding carboxylic acids is 1. The molecule has 1 fully saturated rings. The molecule has 3 aromatic rings. The number of aromatic nitrogens is 3. The van der Waals surface area contributed by atoms with Crippen LogP contribution < -0.4 is 5.32 Å². The summed E-state index contributed by atoms with van der Waals surface area (Å²) in [5.74, 6) is 1.35. The molecule has 0 bridgehead atoms. The van der Waals surface area contributed by atoms with Gasteiger partial charge in [-0.15, -0.1) is 10.2 Å². The van der Waals surface area contributed by atoms with Crippen LogP contribution in [0.4, 0.5) is 4.79 Å². The van der Waals surface area contributed by atoms with Gasteiger partial charge in [0.25, 0.3) is 0 Å². The van der Waals surface area contributed by atoms with Crippen LogP contribution in [-0.4, -0.2) is 39.3 Å². The van der Waals surface area contributed by atoms with Crippen LogP contribution in [0.15, 0.2) is 53.7 Å². The van der Waals surface area contributed by atoms with Gasteiger partial charge in [0.15, 0.2) is 11.0 Å². The van der Waals surface area contributed by atoms with Gasteiger partial charge >= 0.3 is 6.09 Å². The van der Waals surface area contributed by atoms with E-state index in [9.17, 15) is 4.79 Å². The van der Waals surface area contributed by atoms with Crippen LogP contribution in [0.1, 0.15) is 5.56 Å². The van der Waals surface area contributed by atoms with E-state index in [0.717, 1.165) is 27.8 Å². The topological polar surface area (TPSA) is 69.0 Å². The van der Waals surface area contributed by atoms with Crippen molar-refractivity contribution in [1.82, 2.24) is 20.1 Å². The molecular weight excluding hydrogens is 384 g/mol. The van der Waals surface area contributed by atoms with Crippen molar-refractivity contribution in [3.05, 3.63) is 59.1 Å². The fraction of sp³-hybridized carbons (Fsp3) is 0.211. The predicted molar refractivity (Wildman–Crippen MR) is 106 cm³/mol. The van der Waals surface area contributed by atoms with Gasteiger partial charge in [-0.3, -0.25) is 4.57 Å². The number of amides is 1. The van der Waals surface area contributed by atoms with Gasteiger partial charge < -0.3 is 10.1 Å². The van der Waals surface area contributed by atoms with Gasteiger partial charge in [0.05, 0.1) is 6.54 Å². The number of alkyl carbamates (subject to hydrolysis) is 1. The second kappa shape index (κ2) is 7.62. The minimum Gasteiger partial charge on any atom is -0.443 e. The Morgan fingerprint density at radius 1 is 1.26 bits per heavy atom. The molecule has 6 nitrogen and oxygen atoms in total. The zero-order chi connectivity index (χ0) is 18.8. The van der Waals surface area contributed by atoms with Gasteiger partial charge in [-0.05, 0) is 37.3 Å². The maximum absolute atomic E-state index is 11.2. The number of nitrogens with one attached hydrogen (secondary N) is 1. The Bertz CT molecular complexity index is 974. The van der Waals surface area contributed by atoms with Crippen LogP contribution in [-0.2, 0) is 4.74 Å². The van der Waals surface area contributed by atoms with Gasteiger partial charge in [0, 0.05) is 22.0 Å². The van der Waals surface area contributed by atoms with E-state index in [1.807, 2.05) is 54.0 Å². The summed E-state index contributed by atoms with van der Waals surface area (Å²) in [5, 5.41) is 12.9. The molecule has 1 N–H and O–H groups in total. The second-order valence-electron chi connectivity index (χ2n) is 6.21. The zero-order valence-electron chi connectivity index (χ0n) is 14.6. The molecule has 27 heavy (non-hydrogen) atoms. The van der Waals surface area contributed by atoms with E-state index in [0.29, 0.717) is 17.3 Å². The van der Waals surface area contributed by atoms with Crippen LogP contribution in [0.2, 0.25) is 5.02 Å². The van der Waals surface area contributed by atoms with Gasteiger partial charge in [-0.1, -0.05) is 47.1 Å². The molecule has 0 spiro atoms. The van der Waals surface area contributed by atoms with Gasteiger partial charge in [-0.2, -0.15) is 0 Å². The number of ether oxygens (including phenoxy) is 1. The Labute approximate surface area is 165 Å². The van der Waals surface area contributed by atoms with Crippen molar-refractivity contribution in [2.24, 2.45) is 0 Å². The summed E-state index contributed by atoms with van der Waals surface area (Å²) in [5.41, 5.74) is 3.06. The third-order valence-corrected chi connectivity index (χ3v) is 5.45. The molecule has 0 aliphatic carbocycles. The van der Waals surface area contributed by atoms with Gasteiger partial charge in [0.1, 0.15) is 6.10 Å². The molecule has 138 valence electrons. The Kier molecular flexibility index (Phi) is 5.05. The second-order valence-corrected chi connectivity index (χ2v) is 7.63. The minimum atomic E-state index is -0.375. The van der Waals surface area contributed by atoms with E-state index in [1.165, 1.54) is 11.8 Å². The first-order chi connectivity index (χ1) is 13.1. The van der Waals surface area contributed by atoms with Crippen molar-refractivity contribution in [3.8, 4) is 17.1 Å². The highest BCUT2D eigenvalue weighted by Gasteiger charge is 2.24. The molecule has 0 unspecified atom stereocenters. The summed E-state index contributed by atoms with van der Waals surface area (Å²) < 4.78 is 7.21. The van der Waals surface area contributed by atoms with Gasteiger partial charge in [0.2, 0.25) is 0 Å². The van der Waals surface area contributed by atoms with E-state index in [2.05, 4.69) is 21.6 Å². The third-order valence-electron chi connectivity index (χ3n) is 4.14. The maximum atomic E-state index is 11.2. The van der Waals surface area contributed by atoms with Crippen molar-refractivity contribution in [3.63, 3.8) is 0 Å². The molecule has 1 atom stereocenters. The molecule has 4 rings (SSSR count). The molecule has 1 aliphatic heterocycles. The van der Waals surface area contributed by atoms with Crippen LogP contribution in [0.3, 0.4) is 0 Å². The first-order valence-corrected chi connectivity index (χ1v) is 9.82. The van der Waals surface area contributed by atoms with E-state index in [4.69, 9.17) is 16.3 Å². The molecule has 2 heterocycles. The quantitative estimate of drug-likeness (QED) is 0.653. The van der Waals surface area contributed by atoms with E-state index < -0.39 is 0 Å². The largest absolute Gasteiger partial charge is 0.443 e. The molecule has 1 saturated heterocycles. The highest BCUT2D eigenvalue weighted by Crippen LogP contribution is 2.29. The lowest BCUT2D eigenvalue weighted by atomic mass is 10.1. The SMILES string of the molecule is Cc1cccc(-c2nnc(SC[C@@H]3CNC(=O)O3)n2-c2ccc(Cl)cc2)c1. The Hall–Kier alpha value is -2.51. The summed E-state index contributed by atoms with van der Waals surface area (Å²) in [4.78, 5) is 11.2. The highest BCUT2D eigenvalue weighted by molar-refractivity contribution is 7.99. The standard InChI is InChI=1S/C19H17ClN4O2S/c1-12-3-2-4-13(9-12)17-22-23-18(27-11-16-10-21-19(25)26-16)24(17)15-7-5-14(20)6-8-15/h2-9,16H,10-11H2,1H3,(H,21,25)/t16-/m0/s1. The summed E-state index contributed by atoms with van der Waals surface area (Å²) in [6.45, 7) is 2.55. The van der Waals surface area contributed by atoms with E-state index in [1.54, 1.807) is 0 Å². The lowest BCUT2D eigenvalue weighted by Gasteiger charge is -2.12. The number of hydrogen-bond acceptors (Lipinski definition) is 5. The maximum Gasteiger partial charge on any atom is 0.407 e. The van der Waals surface area contributed by atoms with Crippen molar-refractivity contribution < 1.29 is 9.53 Å². The normalized spacial score (nSPS) is 16.2. The predicted octanol–water partition coefficient (Wildman–Crippen LogP) is 4.10. The monoisotopic (exact) mass is 400 g/mol. The number of thioether (sulfide) groups is 1. The number of cyclic esters (lactones) is 1. The first-order valence-electron chi connectivity index (χ1n) is 8.46. The molecule has 0 saturated carbocycles. The fourth-order valence-electron chi connectivity index (χ4n) is 2.85. The minimum absolute atomic E-state index is 0.180. The van der Waals surface area contributed by atoms with Gasteiger partial charge in [-0.25, -0.2) is 4.79 Å². The summed E-state index contributed by atoms with van der Waals surface area (Å²) in [6, 6.07) is 15.7. The number of rotatable bonds is 5. The molecule has 1 amide bonds. The summed E-state index contributed by atoms with van der Waals surface area (Å²) in [7, 11) is 0. The lowest BCUT2D eigenvalue weighted by molar-refractivity contribution is 0.150. The number of benzene rings is 2. The van der Waals surface area contributed by atoms with E-state index in [-0.39, 0.29) is 12.2 Å². The van der Waals surface area contributed by atoms with E-state index >= 15 is 0 Å². The molecule has 8 heteroatoms. The van der Waals surface area contributed by atoms with Crippen molar-refractivity contribution in [2.75, 3.05) is 12.3 Å². The Balaban J connectivity index is 1.70. The van der Waals surface area contributed by atoms with Crippen LogP contribution in [0.5, 0.6) is 0 Å². The van der Waals surface area contributed by atoms with Crippen LogP contribution in [0.25, 0.3) is 17.1 Å². The number of halogens is 1. The highest BCUT2D eigenvalue weighted by atomic mass is 35.5. The Morgan fingerprint density at radius 2 is 2.07 bits per heavy atom. The summed E-state index contributed by atoms with van der Waals surface area (Å²) >= 11 is 7.55. The Morgan fingerprint density at radius 3 is 2.78 bits per heavy atom. The van der Waals surface area contributed by atoms with Crippen molar-refractivity contribution >= 4 is 29.5 Å². The van der Waals surface area contributed by atoms with Crippen molar-refractivity contribution in [1.29, 1.82) is 0 Å². The van der Waals surface area contributed by atoms with Crippen molar-refractivity contribution in [2.45, 2.75) is 18.2 Å². The van der Waals surface area contributed by atoms with Crippen LogP contribution in [0, 0.1) is 6.92 Å². The molecular formula is C19H17ClN4O2S. The number of aryl methyl sites for hydroxylation is 1.